The smallest absolute Gasteiger partial charge is 0.166 e. The van der Waals surface area contributed by atoms with E-state index in [9.17, 15) is 10.2 Å². The maximum atomic E-state index is 10.7. The molecule has 4 nitrogen and oxygen atoms in total. The summed E-state index contributed by atoms with van der Waals surface area (Å²) >= 11 is 3.73. The molecule has 0 aromatic heterocycles. The third kappa shape index (κ3) is 1.59. The van der Waals surface area contributed by atoms with Crippen molar-refractivity contribution in [2.75, 3.05) is 7.11 Å². The van der Waals surface area contributed by atoms with Gasteiger partial charge in [-0.2, -0.15) is 0 Å². The van der Waals surface area contributed by atoms with Gasteiger partial charge in [0.15, 0.2) is 11.5 Å². The summed E-state index contributed by atoms with van der Waals surface area (Å²) in [6, 6.07) is 1.99. The maximum Gasteiger partial charge on any atom is 0.166 e. The molecule has 5 rings (SSSR count). The number of ether oxygens (including phenoxy) is 2. The number of hydrogen-bond acceptors (Lipinski definition) is 4. The molecule has 0 amide bonds. The Bertz CT molecular complexity index is 690. The second-order valence-corrected chi connectivity index (χ2v) is 8.43. The van der Waals surface area contributed by atoms with Gasteiger partial charge in [0.1, 0.15) is 12.2 Å². The van der Waals surface area contributed by atoms with Crippen LogP contribution in [-0.2, 0) is 11.8 Å². The highest BCUT2D eigenvalue weighted by Gasteiger charge is 2.66. The first-order valence-electron chi connectivity index (χ1n) is 8.50. The Morgan fingerprint density at radius 3 is 3.00 bits per heavy atom. The van der Waals surface area contributed by atoms with E-state index in [4.69, 9.17) is 9.47 Å². The highest BCUT2D eigenvalue weighted by Crippen LogP contribution is 2.66. The van der Waals surface area contributed by atoms with Crippen molar-refractivity contribution in [1.82, 2.24) is 0 Å². The second-order valence-electron chi connectivity index (χ2n) is 7.58. The van der Waals surface area contributed by atoms with Crippen molar-refractivity contribution in [3.63, 3.8) is 0 Å². The zero-order chi connectivity index (χ0) is 15.9. The molecule has 1 aromatic rings. The van der Waals surface area contributed by atoms with Crippen molar-refractivity contribution in [1.29, 1.82) is 0 Å². The largest absolute Gasteiger partial charge is 0.493 e. The summed E-state index contributed by atoms with van der Waals surface area (Å²) in [5.74, 6) is 2.49. The van der Waals surface area contributed by atoms with Crippen LogP contribution in [0.5, 0.6) is 11.5 Å². The lowest BCUT2D eigenvalue weighted by Crippen LogP contribution is -2.63. The van der Waals surface area contributed by atoms with Crippen LogP contribution in [0.1, 0.15) is 36.8 Å². The summed E-state index contributed by atoms with van der Waals surface area (Å²) in [7, 11) is 1.66. The van der Waals surface area contributed by atoms with Gasteiger partial charge in [-0.3, -0.25) is 0 Å². The van der Waals surface area contributed by atoms with Gasteiger partial charge in [0, 0.05) is 15.5 Å². The Hall–Kier alpha value is -0.780. The van der Waals surface area contributed by atoms with Crippen molar-refractivity contribution < 1.29 is 19.7 Å². The summed E-state index contributed by atoms with van der Waals surface area (Å²) < 4.78 is 12.9. The van der Waals surface area contributed by atoms with E-state index in [1.807, 2.05) is 6.07 Å². The van der Waals surface area contributed by atoms with Crippen LogP contribution >= 0.6 is 15.9 Å². The van der Waals surface area contributed by atoms with E-state index in [2.05, 4.69) is 15.9 Å². The standard InChI is InChI=1S/C18H21BrO4/c1-22-13-7-11(19)9-5-8-3-2-4-18-10(8)6-12(20)15(21)17(18)23-16(13)14(9)18/h7-8,10,12,15,17,20-21H,2-6H2,1H3/t8-,10+,12-,15+,17+,18+/m1/s1. The molecule has 0 saturated heterocycles. The van der Waals surface area contributed by atoms with Gasteiger partial charge in [-0.25, -0.2) is 0 Å². The van der Waals surface area contributed by atoms with E-state index in [-0.39, 0.29) is 11.5 Å². The first kappa shape index (κ1) is 14.6. The topological polar surface area (TPSA) is 58.9 Å². The van der Waals surface area contributed by atoms with Crippen molar-refractivity contribution in [3.05, 3.63) is 21.7 Å². The van der Waals surface area contributed by atoms with Crippen molar-refractivity contribution in [3.8, 4) is 11.5 Å². The van der Waals surface area contributed by atoms with Crippen LogP contribution in [0.25, 0.3) is 0 Å². The molecule has 1 aliphatic heterocycles. The van der Waals surface area contributed by atoms with Gasteiger partial charge in [-0.1, -0.05) is 22.4 Å². The number of halogens is 1. The number of hydrogen-bond donors (Lipinski definition) is 2. The molecule has 5 heteroatoms. The quantitative estimate of drug-likeness (QED) is 0.785. The van der Waals surface area contributed by atoms with Gasteiger partial charge in [-0.15, -0.1) is 0 Å². The molecule has 1 aromatic carbocycles. The van der Waals surface area contributed by atoms with Gasteiger partial charge in [0.2, 0.25) is 0 Å². The minimum atomic E-state index is -0.827. The molecule has 2 fully saturated rings. The Kier molecular flexibility index (Phi) is 2.94. The summed E-state index contributed by atoms with van der Waals surface area (Å²) in [6.45, 7) is 0. The highest BCUT2D eigenvalue weighted by atomic mass is 79.9. The van der Waals surface area contributed by atoms with E-state index < -0.39 is 12.2 Å². The van der Waals surface area contributed by atoms with Crippen molar-refractivity contribution >= 4 is 15.9 Å². The number of aliphatic hydroxyl groups excluding tert-OH is 2. The molecule has 2 bridgehead atoms. The highest BCUT2D eigenvalue weighted by molar-refractivity contribution is 9.10. The first-order valence-corrected chi connectivity index (χ1v) is 9.30. The van der Waals surface area contributed by atoms with Crippen LogP contribution in [-0.4, -0.2) is 35.6 Å². The van der Waals surface area contributed by atoms with Crippen molar-refractivity contribution in [2.45, 2.75) is 55.8 Å². The van der Waals surface area contributed by atoms with Crippen molar-refractivity contribution in [2.24, 2.45) is 11.8 Å². The number of benzene rings is 1. The van der Waals surface area contributed by atoms with E-state index >= 15 is 0 Å². The maximum absolute atomic E-state index is 10.7. The molecule has 6 atom stereocenters. The Morgan fingerprint density at radius 2 is 2.22 bits per heavy atom. The Balaban J connectivity index is 1.82. The van der Waals surface area contributed by atoms with Crippen LogP contribution in [0.2, 0.25) is 0 Å². The lowest BCUT2D eigenvalue weighted by molar-refractivity contribution is -0.143. The van der Waals surface area contributed by atoms with E-state index in [1.54, 1.807) is 7.11 Å². The third-order valence-corrected chi connectivity index (χ3v) is 7.51. The van der Waals surface area contributed by atoms with Gasteiger partial charge >= 0.3 is 0 Å². The predicted molar refractivity (Wildman–Crippen MR) is 88.0 cm³/mol. The van der Waals surface area contributed by atoms with Crippen LogP contribution < -0.4 is 9.47 Å². The number of rotatable bonds is 1. The molecule has 0 radical (unpaired) electrons. The minimum absolute atomic E-state index is 0.151. The molecule has 23 heavy (non-hydrogen) atoms. The molecule has 4 aliphatic rings. The number of aliphatic hydroxyl groups is 2. The van der Waals surface area contributed by atoms with E-state index in [0.29, 0.717) is 18.3 Å². The molecule has 1 spiro atoms. The van der Waals surface area contributed by atoms with E-state index in [1.165, 1.54) is 17.5 Å². The van der Waals surface area contributed by atoms with Gasteiger partial charge in [0.05, 0.1) is 13.2 Å². The molecule has 2 N–H and O–H groups in total. The molecule has 3 aliphatic carbocycles. The summed E-state index contributed by atoms with van der Waals surface area (Å²) in [5.41, 5.74) is 2.43. The Morgan fingerprint density at radius 1 is 1.39 bits per heavy atom. The normalized spacial score (nSPS) is 42.9. The summed E-state index contributed by atoms with van der Waals surface area (Å²) in [5, 5.41) is 21.1. The number of methoxy groups -OCH3 is 1. The third-order valence-electron chi connectivity index (χ3n) is 6.80. The minimum Gasteiger partial charge on any atom is -0.493 e. The van der Waals surface area contributed by atoms with Crippen LogP contribution in [0.4, 0.5) is 0 Å². The van der Waals surface area contributed by atoms with E-state index in [0.717, 1.165) is 35.2 Å². The monoisotopic (exact) mass is 380 g/mol. The second kappa shape index (κ2) is 4.64. The van der Waals surface area contributed by atoms with Gasteiger partial charge in [-0.05, 0) is 49.1 Å². The molecule has 124 valence electrons. The van der Waals surface area contributed by atoms with Gasteiger partial charge in [0.25, 0.3) is 0 Å². The lowest BCUT2D eigenvalue weighted by Gasteiger charge is -2.57. The molecule has 2 saturated carbocycles. The molecule has 0 unspecified atom stereocenters. The zero-order valence-electron chi connectivity index (χ0n) is 13.1. The summed E-state index contributed by atoms with van der Waals surface area (Å²) in [4.78, 5) is 0. The Labute approximate surface area is 143 Å². The fourth-order valence-corrected chi connectivity index (χ4v) is 6.56. The fraction of sp³-hybridized carbons (Fsp3) is 0.667. The predicted octanol–water partition coefficient (Wildman–Crippen LogP) is 2.55. The zero-order valence-corrected chi connectivity index (χ0v) is 14.7. The molecular formula is C18H21BrO4. The van der Waals surface area contributed by atoms with Crippen LogP contribution in [0.3, 0.4) is 0 Å². The molecule has 1 heterocycles. The summed E-state index contributed by atoms with van der Waals surface area (Å²) in [6.07, 6.45) is 3.24. The van der Waals surface area contributed by atoms with Crippen LogP contribution in [0, 0.1) is 11.8 Å². The average Bonchev–Trinajstić information content (AvgIpc) is 2.86. The first-order chi connectivity index (χ1) is 11.1. The fourth-order valence-electron chi connectivity index (χ4n) is 5.99. The van der Waals surface area contributed by atoms with Crippen LogP contribution in [0.15, 0.2) is 10.5 Å². The average molecular weight is 381 g/mol. The molecular weight excluding hydrogens is 360 g/mol. The SMILES string of the molecule is COc1cc(Br)c2c3c1O[C@H]1[C@@H](O)[C@H](O)C[C@H]4[C@H](CCC[C@@]341)C2. The lowest BCUT2D eigenvalue weighted by atomic mass is 9.47. The van der Waals surface area contributed by atoms with Gasteiger partial charge < -0.3 is 19.7 Å².